The van der Waals surface area contributed by atoms with Crippen molar-refractivity contribution in [3.8, 4) is 11.5 Å². The summed E-state index contributed by atoms with van der Waals surface area (Å²) in [4.78, 5) is 0. The molecule has 2 aromatic heterocycles. The maximum Gasteiger partial charge on any atom is 0.207 e. The van der Waals surface area contributed by atoms with Gasteiger partial charge in [-0.05, 0) is 18.6 Å². The van der Waals surface area contributed by atoms with Gasteiger partial charge in [-0.25, -0.2) is 0 Å². The van der Waals surface area contributed by atoms with Crippen LogP contribution in [0.5, 0.6) is 0 Å². The van der Waals surface area contributed by atoms with Crippen LogP contribution in [0.15, 0.2) is 21.1 Å². The van der Waals surface area contributed by atoms with Crippen LogP contribution in [0.25, 0.3) is 11.5 Å². The molecule has 0 spiro atoms. The summed E-state index contributed by atoms with van der Waals surface area (Å²) in [5.74, 6) is 2.73. The van der Waals surface area contributed by atoms with Gasteiger partial charge in [0, 0.05) is 12.0 Å². The molecule has 0 atom stereocenters. The summed E-state index contributed by atoms with van der Waals surface area (Å²) in [6, 6.07) is 3.82. The monoisotopic (exact) mass is 206 g/mol. The summed E-state index contributed by atoms with van der Waals surface area (Å²) in [7, 11) is 0. The minimum absolute atomic E-state index is 0.446. The molecule has 0 amide bonds. The zero-order valence-electron chi connectivity index (χ0n) is 8.91. The number of aryl methyl sites for hydroxylation is 1. The van der Waals surface area contributed by atoms with E-state index < -0.39 is 0 Å². The maximum absolute atomic E-state index is 5.68. The molecule has 0 aliphatic carbocycles. The normalized spacial score (nSPS) is 10.8. The SMILES string of the molecule is CCc1ccc(-c2onc(N)c2CC)o1. The minimum atomic E-state index is 0.446. The Hall–Kier alpha value is -1.71. The quantitative estimate of drug-likeness (QED) is 0.838. The van der Waals surface area contributed by atoms with Crippen LogP contribution >= 0.6 is 0 Å². The second-order valence-corrected chi connectivity index (χ2v) is 3.35. The predicted octanol–water partition coefficient (Wildman–Crippen LogP) is 2.64. The van der Waals surface area contributed by atoms with Crippen LogP contribution in [0.1, 0.15) is 25.2 Å². The van der Waals surface area contributed by atoms with Gasteiger partial charge in [-0.3, -0.25) is 0 Å². The fourth-order valence-electron chi connectivity index (χ4n) is 1.55. The van der Waals surface area contributed by atoms with Gasteiger partial charge in [0.25, 0.3) is 0 Å². The van der Waals surface area contributed by atoms with Gasteiger partial charge < -0.3 is 14.7 Å². The highest BCUT2D eigenvalue weighted by Crippen LogP contribution is 2.29. The molecule has 0 saturated heterocycles. The first-order chi connectivity index (χ1) is 7.26. The molecular weight excluding hydrogens is 192 g/mol. The third-order valence-corrected chi connectivity index (χ3v) is 2.41. The topological polar surface area (TPSA) is 65.2 Å². The van der Waals surface area contributed by atoms with Crippen LogP contribution in [0, 0.1) is 0 Å². The number of anilines is 1. The Bertz CT molecular complexity index is 457. The van der Waals surface area contributed by atoms with Crippen molar-refractivity contribution >= 4 is 5.82 Å². The molecule has 0 fully saturated rings. The highest BCUT2D eigenvalue weighted by atomic mass is 16.5. The number of nitrogen functional groups attached to an aromatic ring is 1. The second kappa shape index (κ2) is 3.81. The average molecular weight is 206 g/mol. The Kier molecular flexibility index (Phi) is 2.49. The molecule has 0 aliphatic rings. The fraction of sp³-hybridized carbons (Fsp3) is 0.364. The molecule has 4 nitrogen and oxygen atoms in total. The number of furan rings is 1. The highest BCUT2D eigenvalue weighted by Gasteiger charge is 2.16. The zero-order chi connectivity index (χ0) is 10.8. The summed E-state index contributed by atoms with van der Waals surface area (Å²) in [5.41, 5.74) is 6.59. The molecule has 2 rings (SSSR count). The van der Waals surface area contributed by atoms with E-state index in [-0.39, 0.29) is 0 Å². The van der Waals surface area contributed by atoms with Crippen molar-refractivity contribution < 1.29 is 8.94 Å². The van der Waals surface area contributed by atoms with Crippen LogP contribution in [-0.4, -0.2) is 5.16 Å². The third-order valence-electron chi connectivity index (χ3n) is 2.41. The van der Waals surface area contributed by atoms with Crippen LogP contribution in [0.4, 0.5) is 5.82 Å². The van der Waals surface area contributed by atoms with Gasteiger partial charge in [-0.2, -0.15) is 0 Å². The summed E-state index contributed by atoms with van der Waals surface area (Å²) in [5, 5.41) is 3.74. The van der Waals surface area contributed by atoms with Crippen LogP contribution < -0.4 is 5.73 Å². The lowest BCUT2D eigenvalue weighted by atomic mass is 10.1. The molecule has 0 saturated carbocycles. The molecule has 80 valence electrons. The number of nitrogens with zero attached hydrogens (tertiary/aromatic N) is 1. The summed E-state index contributed by atoms with van der Waals surface area (Å²) in [6.45, 7) is 4.05. The number of nitrogens with two attached hydrogens (primary N) is 1. The van der Waals surface area contributed by atoms with Crippen LogP contribution in [0.3, 0.4) is 0 Å². The van der Waals surface area contributed by atoms with E-state index in [4.69, 9.17) is 14.7 Å². The largest absolute Gasteiger partial charge is 0.458 e. The summed E-state index contributed by atoms with van der Waals surface area (Å²) >= 11 is 0. The minimum Gasteiger partial charge on any atom is -0.458 e. The highest BCUT2D eigenvalue weighted by molar-refractivity contribution is 5.61. The van der Waals surface area contributed by atoms with Gasteiger partial charge in [-0.1, -0.05) is 19.0 Å². The van der Waals surface area contributed by atoms with Gasteiger partial charge >= 0.3 is 0 Å². The molecule has 2 aromatic rings. The number of hydrogen-bond acceptors (Lipinski definition) is 4. The standard InChI is InChI=1S/C11H14N2O2/c1-3-7-5-6-9(14-7)10-8(4-2)11(12)13-15-10/h5-6H,3-4H2,1-2H3,(H2,12,13). The maximum atomic E-state index is 5.68. The first-order valence-corrected chi connectivity index (χ1v) is 5.09. The van der Waals surface area contributed by atoms with Crippen molar-refractivity contribution in [2.75, 3.05) is 5.73 Å². The van der Waals surface area contributed by atoms with E-state index in [1.165, 1.54) is 0 Å². The van der Waals surface area contributed by atoms with Crippen molar-refractivity contribution in [3.63, 3.8) is 0 Å². The van der Waals surface area contributed by atoms with Crippen molar-refractivity contribution in [3.05, 3.63) is 23.5 Å². The van der Waals surface area contributed by atoms with E-state index in [0.717, 1.165) is 24.2 Å². The number of hydrogen-bond donors (Lipinski definition) is 1. The zero-order valence-corrected chi connectivity index (χ0v) is 8.91. The lowest BCUT2D eigenvalue weighted by molar-refractivity contribution is 0.415. The van der Waals surface area contributed by atoms with E-state index >= 15 is 0 Å². The second-order valence-electron chi connectivity index (χ2n) is 3.35. The first-order valence-electron chi connectivity index (χ1n) is 5.09. The Balaban J connectivity index is 2.44. The molecule has 15 heavy (non-hydrogen) atoms. The van der Waals surface area contributed by atoms with Crippen molar-refractivity contribution in [2.24, 2.45) is 0 Å². The van der Waals surface area contributed by atoms with Crippen LogP contribution in [-0.2, 0) is 12.8 Å². The van der Waals surface area contributed by atoms with Gasteiger partial charge in [0.1, 0.15) is 5.76 Å². The van der Waals surface area contributed by atoms with Gasteiger partial charge in [0.15, 0.2) is 11.6 Å². The summed E-state index contributed by atoms with van der Waals surface area (Å²) in [6.07, 6.45) is 1.65. The Morgan fingerprint density at radius 2 is 2.07 bits per heavy atom. The van der Waals surface area contributed by atoms with E-state index in [0.29, 0.717) is 17.3 Å². The van der Waals surface area contributed by atoms with Gasteiger partial charge in [0.05, 0.1) is 0 Å². The number of aromatic nitrogens is 1. The molecule has 2 N–H and O–H groups in total. The van der Waals surface area contributed by atoms with Crippen LogP contribution in [0.2, 0.25) is 0 Å². The molecule has 4 heteroatoms. The third kappa shape index (κ3) is 1.63. The smallest absolute Gasteiger partial charge is 0.207 e. The van der Waals surface area contributed by atoms with Crippen molar-refractivity contribution in [1.29, 1.82) is 0 Å². The predicted molar refractivity (Wildman–Crippen MR) is 57.4 cm³/mol. The molecule has 0 aliphatic heterocycles. The van der Waals surface area contributed by atoms with Crippen molar-refractivity contribution in [2.45, 2.75) is 26.7 Å². The lowest BCUT2D eigenvalue weighted by Gasteiger charge is -1.94. The van der Waals surface area contributed by atoms with Gasteiger partial charge in [0.2, 0.25) is 5.76 Å². The van der Waals surface area contributed by atoms with Crippen molar-refractivity contribution in [1.82, 2.24) is 5.16 Å². The Labute approximate surface area is 88.0 Å². The molecule has 0 unspecified atom stereocenters. The average Bonchev–Trinajstić information content (AvgIpc) is 2.83. The molecule has 2 heterocycles. The number of rotatable bonds is 3. The lowest BCUT2D eigenvalue weighted by Crippen LogP contribution is -1.90. The first kappa shape index (κ1) is 9.83. The van der Waals surface area contributed by atoms with E-state index in [2.05, 4.69) is 5.16 Å². The summed E-state index contributed by atoms with van der Waals surface area (Å²) < 4.78 is 10.7. The molecule has 0 radical (unpaired) electrons. The van der Waals surface area contributed by atoms with E-state index in [9.17, 15) is 0 Å². The Morgan fingerprint density at radius 3 is 2.67 bits per heavy atom. The van der Waals surface area contributed by atoms with Gasteiger partial charge in [-0.15, -0.1) is 0 Å². The molecule has 0 bridgehead atoms. The molecule has 0 aromatic carbocycles. The van der Waals surface area contributed by atoms with E-state index in [1.807, 2.05) is 26.0 Å². The Morgan fingerprint density at radius 1 is 1.27 bits per heavy atom. The van der Waals surface area contributed by atoms with E-state index in [1.54, 1.807) is 0 Å². The molecular formula is C11H14N2O2. The fourth-order valence-corrected chi connectivity index (χ4v) is 1.55.